The first kappa shape index (κ1) is 18.4. The predicted octanol–water partition coefficient (Wildman–Crippen LogP) is 2.87. The molecule has 4 aromatic rings. The second-order valence-electron chi connectivity index (χ2n) is 5.63. The number of hydrogen-bond acceptors (Lipinski definition) is 8. The zero-order valence-corrected chi connectivity index (χ0v) is 16.3. The van der Waals surface area contributed by atoms with Crippen LogP contribution in [0.2, 0.25) is 0 Å². The van der Waals surface area contributed by atoms with E-state index in [1.54, 1.807) is 12.1 Å². The summed E-state index contributed by atoms with van der Waals surface area (Å²) in [6, 6.07) is 11.2. The van der Waals surface area contributed by atoms with Crippen molar-refractivity contribution in [2.45, 2.75) is 28.7 Å². The molecule has 0 fully saturated rings. The summed E-state index contributed by atoms with van der Waals surface area (Å²) in [6.07, 6.45) is 2.07. The van der Waals surface area contributed by atoms with Crippen LogP contribution in [0.5, 0.6) is 0 Å². The summed E-state index contributed by atoms with van der Waals surface area (Å²) in [5.74, 6) is -0.255. The van der Waals surface area contributed by atoms with E-state index >= 15 is 0 Å². The van der Waals surface area contributed by atoms with Crippen LogP contribution in [-0.4, -0.2) is 31.1 Å². The lowest BCUT2D eigenvalue weighted by molar-refractivity contribution is -0.298. The van der Waals surface area contributed by atoms with Gasteiger partial charge in [-0.15, -0.1) is 5.10 Å². The number of carboxylic acid groups (broad SMARTS) is 1. The van der Waals surface area contributed by atoms with Gasteiger partial charge in [0.05, 0.1) is 17.0 Å². The van der Waals surface area contributed by atoms with Gasteiger partial charge in [-0.2, -0.15) is 0 Å². The number of rotatable bonds is 7. The second-order valence-corrected chi connectivity index (χ2v) is 7.64. The number of benzene rings is 1. The number of aryl methyl sites for hydroxylation is 1. The van der Waals surface area contributed by atoms with Crippen LogP contribution >= 0.6 is 23.5 Å². The first-order valence-electron chi connectivity index (χ1n) is 8.35. The summed E-state index contributed by atoms with van der Waals surface area (Å²) in [5.41, 5.74) is 1.80. The third kappa shape index (κ3) is 4.12. The van der Waals surface area contributed by atoms with E-state index in [4.69, 9.17) is 4.42 Å². The van der Waals surface area contributed by atoms with E-state index in [-0.39, 0.29) is 4.91 Å². The molecule has 3 heterocycles. The Morgan fingerprint density at radius 3 is 2.86 bits per heavy atom. The summed E-state index contributed by atoms with van der Waals surface area (Å²) in [5, 5.41) is 19.8. The Kier molecular flexibility index (Phi) is 5.22. The Morgan fingerprint density at radius 2 is 2.11 bits per heavy atom. The number of para-hydroxylation sites is 2. The molecule has 0 aliphatic carbocycles. The van der Waals surface area contributed by atoms with Gasteiger partial charge < -0.3 is 19.3 Å². The Balaban J connectivity index is 1.51. The molecule has 2 N–H and O–H groups in total. The number of imidazole rings is 1. The van der Waals surface area contributed by atoms with E-state index < -0.39 is 5.97 Å². The zero-order chi connectivity index (χ0) is 19.5. The van der Waals surface area contributed by atoms with Crippen LogP contribution in [0.3, 0.4) is 0 Å². The lowest BCUT2D eigenvalue weighted by Gasteiger charge is -2.04. The van der Waals surface area contributed by atoms with Crippen molar-refractivity contribution < 1.29 is 14.3 Å². The number of carbonyl (C=O) groups is 1. The van der Waals surface area contributed by atoms with Gasteiger partial charge in [0, 0.05) is 11.3 Å². The van der Waals surface area contributed by atoms with Crippen LogP contribution in [0.15, 0.2) is 61.1 Å². The molecule has 0 unspecified atom stereocenters. The quantitative estimate of drug-likeness (QED) is 0.351. The molecule has 0 radical (unpaired) electrons. The van der Waals surface area contributed by atoms with Crippen molar-refractivity contribution in [3.05, 3.63) is 52.9 Å². The summed E-state index contributed by atoms with van der Waals surface area (Å²) < 4.78 is 5.70. The second kappa shape index (κ2) is 7.95. The monoisotopic (exact) mass is 412 g/mol. The van der Waals surface area contributed by atoms with Crippen molar-refractivity contribution >= 4 is 46.6 Å². The van der Waals surface area contributed by atoms with E-state index in [9.17, 15) is 9.90 Å². The average Bonchev–Trinajstić information content (AvgIpc) is 3.40. The van der Waals surface area contributed by atoms with E-state index in [1.165, 1.54) is 17.8 Å². The van der Waals surface area contributed by atoms with Gasteiger partial charge in [0.2, 0.25) is 5.16 Å². The minimum absolute atomic E-state index is 0.0451. The fourth-order valence-electron chi connectivity index (χ4n) is 2.38. The molecule has 0 aliphatic rings. The number of hydrogen-bond donors (Lipinski definition) is 2. The zero-order valence-electron chi connectivity index (χ0n) is 14.6. The molecule has 0 amide bonds. The van der Waals surface area contributed by atoms with Gasteiger partial charge in [-0.25, -0.2) is 9.97 Å². The maximum absolute atomic E-state index is 11.5. The number of nitrogens with one attached hydrogen (secondary N) is 2. The molecule has 10 heteroatoms. The first-order valence-corrected chi connectivity index (χ1v) is 9.98. The molecule has 1 aromatic carbocycles. The highest BCUT2D eigenvalue weighted by atomic mass is 32.2. The third-order valence-corrected chi connectivity index (χ3v) is 5.37. The Bertz CT molecular complexity index is 1130. The molecule has 0 saturated carbocycles. The molecule has 0 atom stereocenters. The smallest absolute Gasteiger partial charge is 0.213 e. The molecule has 4 rings (SSSR count). The summed E-state index contributed by atoms with van der Waals surface area (Å²) >= 11 is 2.22. The fourth-order valence-corrected chi connectivity index (χ4v) is 3.85. The van der Waals surface area contributed by atoms with Gasteiger partial charge in [-0.3, -0.25) is 5.10 Å². The molecule has 28 heavy (non-hydrogen) atoms. The lowest BCUT2D eigenvalue weighted by Crippen LogP contribution is -2.23. The van der Waals surface area contributed by atoms with Gasteiger partial charge in [-0.05, 0) is 53.9 Å². The van der Waals surface area contributed by atoms with Crippen molar-refractivity contribution in [2.75, 3.05) is 0 Å². The molecule has 8 nitrogen and oxygen atoms in total. The van der Waals surface area contributed by atoms with Crippen LogP contribution < -0.4 is 5.11 Å². The normalized spacial score (nSPS) is 12.0. The number of aliphatic carboxylic acids is 1. The largest absolute Gasteiger partial charge is 0.544 e. The van der Waals surface area contributed by atoms with Crippen LogP contribution in [0.4, 0.5) is 0 Å². The van der Waals surface area contributed by atoms with Crippen molar-refractivity contribution in [1.29, 1.82) is 0 Å². The molecule has 0 saturated heterocycles. The highest BCUT2D eigenvalue weighted by Gasteiger charge is 2.11. The fraction of sp³-hybridized carbons (Fsp3) is 0.111. The van der Waals surface area contributed by atoms with Gasteiger partial charge in [-0.1, -0.05) is 19.1 Å². The highest BCUT2D eigenvalue weighted by Crippen LogP contribution is 2.31. The van der Waals surface area contributed by atoms with E-state index in [0.29, 0.717) is 33.4 Å². The number of aromatic nitrogens is 5. The summed E-state index contributed by atoms with van der Waals surface area (Å²) in [7, 11) is 0. The third-order valence-electron chi connectivity index (χ3n) is 3.69. The van der Waals surface area contributed by atoms with Crippen molar-refractivity contribution in [2.24, 2.45) is 0 Å². The molecule has 3 aromatic heterocycles. The van der Waals surface area contributed by atoms with Crippen LogP contribution in [-0.2, 0) is 11.2 Å². The number of fused-ring (bicyclic) bond motifs is 1. The molecule has 0 spiro atoms. The Labute approximate surface area is 167 Å². The Morgan fingerprint density at radius 1 is 1.25 bits per heavy atom. The number of furan rings is 1. The van der Waals surface area contributed by atoms with Crippen molar-refractivity contribution in [3.8, 4) is 0 Å². The number of carboxylic acids is 1. The van der Waals surface area contributed by atoms with Gasteiger partial charge in [0.25, 0.3) is 0 Å². The number of carbonyl (C=O) groups excluding carboxylic acids is 1. The minimum atomic E-state index is -1.32. The average molecular weight is 412 g/mol. The number of nitrogens with zero attached hydrogens (tertiary/aromatic N) is 3. The van der Waals surface area contributed by atoms with Gasteiger partial charge in [0.15, 0.2) is 10.2 Å². The first-order chi connectivity index (χ1) is 13.6. The molecule has 0 bridgehead atoms. The van der Waals surface area contributed by atoms with Crippen LogP contribution in [0, 0.1) is 0 Å². The van der Waals surface area contributed by atoms with Crippen LogP contribution in [0.25, 0.3) is 17.1 Å². The Hall–Kier alpha value is -2.98. The van der Waals surface area contributed by atoms with Gasteiger partial charge in [0.1, 0.15) is 11.6 Å². The topological polar surface area (TPSA) is 124 Å². The lowest BCUT2D eigenvalue weighted by atomic mass is 10.3. The molecular formula is C18H14N5O3S2-. The summed E-state index contributed by atoms with van der Waals surface area (Å²) in [4.78, 5) is 23.3. The van der Waals surface area contributed by atoms with Crippen molar-refractivity contribution in [1.82, 2.24) is 25.1 Å². The number of aromatic amines is 2. The molecular weight excluding hydrogens is 398 g/mol. The SMILES string of the molecule is CCc1nc(S/C(=C\c2ccc(Sc3nc4ccccc4[nH]3)o2)C(=O)[O-])n[nH]1. The standard InChI is InChI=1S/C18H15N5O3S2/c1-2-14-21-18(23-22-14)27-13(16(24)25)9-10-7-8-15(26-10)28-17-19-11-5-3-4-6-12(11)20-17/h3-9H,2H2,1H3,(H,19,20)(H,24,25)(H,21,22,23)/p-1/b13-9-. The predicted molar refractivity (Wildman–Crippen MR) is 104 cm³/mol. The summed E-state index contributed by atoms with van der Waals surface area (Å²) in [6.45, 7) is 1.93. The maximum atomic E-state index is 11.5. The maximum Gasteiger partial charge on any atom is 0.213 e. The highest BCUT2D eigenvalue weighted by molar-refractivity contribution is 8.04. The van der Waals surface area contributed by atoms with Crippen LogP contribution in [0.1, 0.15) is 18.5 Å². The van der Waals surface area contributed by atoms with Gasteiger partial charge >= 0.3 is 0 Å². The molecule has 142 valence electrons. The minimum Gasteiger partial charge on any atom is -0.544 e. The van der Waals surface area contributed by atoms with E-state index in [2.05, 4.69) is 25.1 Å². The number of thioether (sulfide) groups is 1. The molecule has 0 aliphatic heterocycles. The van der Waals surface area contributed by atoms with E-state index in [1.807, 2.05) is 31.2 Å². The number of H-pyrrole nitrogens is 2. The van der Waals surface area contributed by atoms with Crippen molar-refractivity contribution in [3.63, 3.8) is 0 Å². The van der Waals surface area contributed by atoms with E-state index in [0.717, 1.165) is 22.8 Å².